The van der Waals surface area contributed by atoms with Crippen LogP contribution in [0.15, 0.2) is 30.5 Å². The number of nitrogens with zero attached hydrogens (tertiary/aromatic N) is 1. The van der Waals surface area contributed by atoms with E-state index in [4.69, 9.17) is 4.74 Å². The number of halogens is 1. The number of aliphatic hydroxyl groups is 1. The first-order valence-corrected chi connectivity index (χ1v) is 10.8. The number of aromatic nitrogens is 1. The third kappa shape index (κ3) is 6.09. The van der Waals surface area contributed by atoms with E-state index < -0.39 is 11.7 Å². The molecular formula is C22H27FN2O4S. The van der Waals surface area contributed by atoms with E-state index >= 15 is 0 Å². The fourth-order valence-corrected chi connectivity index (χ4v) is 4.35. The zero-order valence-corrected chi connectivity index (χ0v) is 18.2. The van der Waals surface area contributed by atoms with Crippen LogP contribution in [-0.2, 0) is 16.0 Å². The maximum atomic E-state index is 13.0. The molecule has 1 heterocycles. The number of ether oxygens (including phenoxy) is 1. The Balaban J connectivity index is 1.50. The Kier molecular flexibility index (Phi) is 6.88. The summed E-state index contributed by atoms with van der Waals surface area (Å²) < 4.78 is 18.4. The van der Waals surface area contributed by atoms with Crippen molar-refractivity contribution in [3.05, 3.63) is 51.7 Å². The van der Waals surface area contributed by atoms with Crippen molar-refractivity contribution in [1.82, 2.24) is 10.3 Å². The molecule has 0 aliphatic heterocycles. The van der Waals surface area contributed by atoms with Gasteiger partial charge in [0.15, 0.2) is 0 Å². The Bertz CT molecular complexity index is 891. The minimum absolute atomic E-state index is 0.196. The molecule has 3 rings (SSSR count). The second-order valence-electron chi connectivity index (χ2n) is 8.66. The number of rotatable bonds is 6. The lowest BCUT2D eigenvalue weighted by molar-refractivity contribution is -0.160. The van der Waals surface area contributed by atoms with Crippen molar-refractivity contribution < 1.29 is 23.8 Å². The lowest BCUT2D eigenvalue weighted by Gasteiger charge is -2.22. The number of carbonyl (C=O) groups excluding carboxylic acids is 2. The van der Waals surface area contributed by atoms with E-state index in [1.807, 2.05) is 20.8 Å². The zero-order chi connectivity index (χ0) is 21.9. The van der Waals surface area contributed by atoms with Crippen molar-refractivity contribution >= 4 is 23.2 Å². The van der Waals surface area contributed by atoms with Crippen LogP contribution in [0.25, 0.3) is 0 Å². The van der Waals surface area contributed by atoms with Gasteiger partial charge >= 0.3 is 5.97 Å². The lowest BCUT2D eigenvalue weighted by atomic mass is 10.0. The van der Waals surface area contributed by atoms with E-state index in [1.165, 1.54) is 29.7 Å². The van der Waals surface area contributed by atoms with Crippen LogP contribution >= 0.6 is 11.3 Å². The highest BCUT2D eigenvalue weighted by molar-refractivity contribution is 7.13. The smallest absolute Gasteiger partial charge is 0.309 e. The Hall–Kier alpha value is -2.32. The minimum atomic E-state index is -0.654. The summed E-state index contributed by atoms with van der Waals surface area (Å²) in [6.45, 7) is 5.72. The molecule has 1 aliphatic carbocycles. The van der Waals surface area contributed by atoms with Crippen molar-refractivity contribution in [3.8, 4) is 0 Å². The Morgan fingerprint density at radius 1 is 1.27 bits per heavy atom. The monoisotopic (exact) mass is 434 g/mol. The average molecular weight is 435 g/mol. The number of amides is 1. The molecule has 1 saturated carbocycles. The van der Waals surface area contributed by atoms with E-state index in [2.05, 4.69) is 10.3 Å². The maximum Gasteiger partial charge on any atom is 0.309 e. The summed E-state index contributed by atoms with van der Waals surface area (Å²) in [5.74, 6) is -1.40. The first-order chi connectivity index (χ1) is 14.1. The number of hydrogen-bond donors (Lipinski definition) is 2. The standard InChI is InChI=1S/C22H27FN2O4S/c1-22(2,3)29-21(28)14-9-15(17(26)10-14)11-25-20(27)18-12-24-19(30-18)8-13-4-6-16(23)7-5-13/h4-7,12,14-15,17,26H,8-11H2,1-3H3,(H,25,27)/t14-,15+,17-/m0/s1. The van der Waals surface area contributed by atoms with Crippen LogP contribution in [0.5, 0.6) is 0 Å². The molecule has 0 saturated heterocycles. The first-order valence-electron chi connectivity index (χ1n) is 9.99. The van der Waals surface area contributed by atoms with Crippen LogP contribution < -0.4 is 5.32 Å². The molecule has 1 amide bonds. The molecule has 162 valence electrons. The number of hydrogen-bond acceptors (Lipinski definition) is 6. The molecule has 2 aromatic rings. The molecule has 0 radical (unpaired) electrons. The summed E-state index contributed by atoms with van der Waals surface area (Å²) in [5, 5.41) is 13.9. The molecule has 0 unspecified atom stereocenters. The Morgan fingerprint density at radius 3 is 2.63 bits per heavy atom. The molecule has 1 aromatic carbocycles. The normalized spacial score (nSPS) is 21.4. The molecule has 2 N–H and O–H groups in total. The van der Waals surface area contributed by atoms with Gasteiger partial charge in [0, 0.05) is 18.9 Å². The van der Waals surface area contributed by atoms with Gasteiger partial charge in [-0.3, -0.25) is 9.59 Å². The Labute approximate surface area is 179 Å². The predicted molar refractivity (Wildman–Crippen MR) is 112 cm³/mol. The molecule has 1 aliphatic rings. The summed E-state index contributed by atoms with van der Waals surface area (Å²) in [7, 11) is 0. The summed E-state index contributed by atoms with van der Waals surface area (Å²) in [6.07, 6.45) is 2.22. The second kappa shape index (κ2) is 9.22. The van der Waals surface area contributed by atoms with Crippen LogP contribution in [0.2, 0.25) is 0 Å². The second-order valence-corrected chi connectivity index (χ2v) is 9.78. The van der Waals surface area contributed by atoms with Crippen molar-refractivity contribution in [2.24, 2.45) is 11.8 Å². The van der Waals surface area contributed by atoms with Crippen LogP contribution in [0.3, 0.4) is 0 Å². The average Bonchev–Trinajstić information content (AvgIpc) is 3.27. The molecule has 1 fully saturated rings. The van der Waals surface area contributed by atoms with Crippen molar-refractivity contribution in [1.29, 1.82) is 0 Å². The highest BCUT2D eigenvalue weighted by atomic mass is 32.1. The van der Waals surface area contributed by atoms with Gasteiger partial charge in [-0.1, -0.05) is 12.1 Å². The van der Waals surface area contributed by atoms with Gasteiger partial charge < -0.3 is 15.2 Å². The van der Waals surface area contributed by atoms with Crippen molar-refractivity contribution in [2.75, 3.05) is 6.54 Å². The highest BCUT2D eigenvalue weighted by Gasteiger charge is 2.39. The molecule has 30 heavy (non-hydrogen) atoms. The minimum Gasteiger partial charge on any atom is -0.460 e. The van der Waals surface area contributed by atoms with Gasteiger partial charge in [-0.05, 0) is 51.3 Å². The van der Waals surface area contributed by atoms with E-state index in [0.29, 0.717) is 24.1 Å². The molecule has 8 heteroatoms. The van der Waals surface area contributed by atoms with Gasteiger partial charge in [0.05, 0.1) is 23.2 Å². The number of aliphatic hydroxyl groups excluding tert-OH is 1. The topological polar surface area (TPSA) is 88.5 Å². The van der Waals surface area contributed by atoms with Crippen LogP contribution in [0, 0.1) is 17.7 Å². The van der Waals surface area contributed by atoms with Gasteiger partial charge in [-0.2, -0.15) is 0 Å². The van der Waals surface area contributed by atoms with Crippen LogP contribution in [0.1, 0.15) is 53.9 Å². The van der Waals surface area contributed by atoms with E-state index in [0.717, 1.165) is 10.6 Å². The summed E-state index contributed by atoms with van der Waals surface area (Å²) in [6, 6.07) is 6.18. The van der Waals surface area contributed by atoms with Crippen LogP contribution in [-0.4, -0.2) is 40.2 Å². The molecule has 3 atom stereocenters. The number of carbonyl (C=O) groups is 2. The maximum absolute atomic E-state index is 13.0. The first kappa shape index (κ1) is 22.4. The van der Waals surface area contributed by atoms with Crippen molar-refractivity contribution in [3.63, 3.8) is 0 Å². The lowest BCUT2D eigenvalue weighted by Crippen LogP contribution is -2.32. The third-order valence-corrected chi connectivity index (χ3v) is 5.96. The van der Waals surface area contributed by atoms with Gasteiger partial charge in [-0.15, -0.1) is 11.3 Å². The quantitative estimate of drug-likeness (QED) is 0.681. The number of thiazole rings is 1. The fourth-order valence-electron chi connectivity index (χ4n) is 3.48. The number of benzene rings is 1. The summed E-state index contributed by atoms with van der Waals surface area (Å²) in [5.41, 5.74) is 0.353. The summed E-state index contributed by atoms with van der Waals surface area (Å²) in [4.78, 5) is 29.4. The SMILES string of the molecule is CC(C)(C)OC(=O)[C@H]1C[C@H](CNC(=O)c2cnc(Cc3ccc(F)cc3)s2)[C@@H](O)C1. The van der Waals surface area contributed by atoms with Gasteiger partial charge in [-0.25, -0.2) is 9.37 Å². The number of nitrogens with one attached hydrogen (secondary N) is 1. The molecule has 1 aromatic heterocycles. The molecular weight excluding hydrogens is 407 g/mol. The van der Waals surface area contributed by atoms with Gasteiger partial charge in [0.25, 0.3) is 5.91 Å². The zero-order valence-electron chi connectivity index (χ0n) is 17.4. The van der Waals surface area contributed by atoms with E-state index in [9.17, 15) is 19.1 Å². The van der Waals surface area contributed by atoms with Gasteiger partial charge in [0.2, 0.25) is 0 Å². The summed E-state index contributed by atoms with van der Waals surface area (Å²) >= 11 is 1.28. The highest BCUT2D eigenvalue weighted by Crippen LogP contribution is 2.33. The molecule has 0 spiro atoms. The van der Waals surface area contributed by atoms with E-state index in [-0.39, 0.29) is 36.1 Å². The molecule has 6 nitrogen and oxygen atoms in total. The van der Waals surface area contributed by atoms with Crippen molar-refractivity contribution in [2.45, 2.75) is 51.7 Å². The van der Waals surface area contributed by atoms with E-state index in [1.54, 1.807) is 12.1 Å². The fraction of sp³-hybridized carbons (Fsp3) is 0.500. The predicted octanol–water partition coefficient (Wildman–Crippen LogP) is 3.33. The van der Waals surface area contributed by atoms with Crippen LogP contribution in [0.4, 0.5) is 4.39 Å². The molecule has 0 bridgehead atoms. The Morgan fingerprint density at radius 2 is 1.97 bits per heavy atom. The largest absolute Gasteiger partial charge is 0.460 e. The number of esters is 1. The third-order valence-electron chi connectivity index (χ3n) is 4.97. The van der Waals surface area contributed by atoms with Gasteiger partial charge in [0.1, 0.15) is 16.3 Å².